The van der Waals surface area contributed by atoms with Gasteiger partial charge in [0, 0.05) is 17.1 Å². The zero-order valence-electron chi connectivity index (χ0n) is 10.1. The number of aliphatic hydroxyl groups excluding tert-OH is 2. The molecule has 1 aromatic rings. The van der Waals surface area contributed by atoms with E-state index >= 15 is 0 Å². The van der Waals surface area contributed by atoms with Crippen molar-refractivity contribution in [1.82, 2.24) is 5.32 Å². The maximum absolute atomic E-state index is 12.9. The van der Waals surface area contributed by atoms with Crippen LogP contribution in [0.5, 0.6) is 0 Å². The summed E-state index contributed by atoms with van der Waals surface area (Å²) >= 11 is 1.22. The van der Waals surface area contributed by atoms with E-state index in [9.17, 15) is 13.6 Å². The number of thioether (sulfide) groups is 1. The molecule has 106 valence electrons. The molecule has 0 heterocycles. The van der Waals surface area contributed by atoms with Gasteiger partial charge in [0.25, 0.3) is 0 Å². The van der Waals surface area contributed by atoms with E-state index in [1.165, 1.54) is 17.8 Å². The van der Waals surface area contributed by atoms with Gasteiger partial charge in [-0.05, 0) is 18.2 Å². The number of benzene rings is 1. The van der Waals surface area contributed by atoms with Gasteiger partial charge in [0.15, 0.2) is 11.6 Å². The van der Waals surface area contributed by atoms with Crippen molar-refractivity contribution in [3.05, 3.63) is 29.8 Å². The summed E-state index contributed by atoms with van der Waals surface area (Å²) in [7, 11) is 0. The molecule has 0 radical (unpaired) electrons. The summed E-state index contributed by atoms with van der Waals surface area (Å²) in [5.41, 5.74) is 0. The van der Waals surface area contributed by atoms with E-state index in [-0.39, 0.29) is 25.5 Å². The highest BCUT2D eigenvalue weighted by atomic mass is 32.2. The summed E-state index contributed by atoms with van der Waals surface area (Å²) in [4.78, 5) is 11.9. The van der Waals surface area contributed by atoms with Crippen LogP contribution in [0.2, 0.25) is 0 Å². The van der Waals surface area contributed by atoms with Crippen LogP contribution in [0.4, 0.5) is 8.78 Å². The van der Waals surface area contributed by atoms with Gasteiger partial charge in [0.1, 0.15) is 0 Å². The molecule has 1 rings (SSSR count). The van der Waals surface area contributed by atoms with Crippen molar-refractivity contribution in [2.24, 2.45) is 0 Å². The summed E-state index contributed by atoms with van der Waals surface area (Å²) in [5, 5.41) is 20.0. The first kappa shape index (κ1) is 15.9. The Morgan fingerprint density at radius 2 is 1.95 bits per heavy atom. The minimum absolute atomic E-state index is 0.153. The maximum Gasteiger partial charge on any atom is 0.221 e. The number of carbonyl (C=O) groups is 1. The molecule has 3 N–H and O–H groups in total. The number of amides is 1. The van der Waals surface area contributed by atoms with Crippen LogP contribution in [0, 0.1) is 11.6 Å². The zero-order valence-corrected chi connectivity index (χ0v) is 10.9. The summed E-state index contributed by atoms with van der Waals surface area (Å²) in [6.07, 6.45) is 0.153. The normalized spacial score (nSPS) is 10.8. The summed E-state index contributed by atoms with van der Waals surface area (Å²) in [6, 6.07) is 2.87. The lowest BCUT2D eigenvalue weighted by atomic mass is 10.3. The molecular weight excluding hydrogens is 276 g/mol. The quantitative estimate of drug-likeness (QED) is 0.653. The molecular formula is C12H15F2NO3S. The van der Waals surface area contributed by atoms with Gasteiger partial charge in [0.2, 0.25) is 5.91 Å². The molecule has 1 aromatic carbocycles. The van der Waals surface area contributed by atoms with Gasteiger partial charge in [-0.15, -0.1) is 11.8 Å². The second kappa shape index (κ2) is 8.08. The highest BCUT2D eigenvalue weighted by Gasteiger charge is 2.10. The number of rotatable bonds is 7. The fourth-order valence-electron chi connectivity index (χ4n) is 1.28. The Balaban J connectivity index is 2.33. The predicted octanol–water partition coefficient (Wildman–Crippen LogP) is 0.916. The average molecular weight is 291 g/mol. The highest BCUT2D eigenvalue weighted by Crippen LogP contribution is 2.20. The molecule has 0 saturated carbocycles. The monoisotopic (exact) mass is 291 g/mol. The third-order valence-corrected chi connectivity index (χ3v) is 3.29. The van der Waals surface area contributed by atoms with Crippen LogP contribution in [-0.2, 0) is 4.79 Å². The SMILES string of the molecule is O=C(CCSc1ccc(F)c(F)c1)NC(CO)CO. The molecule has 0 spiro atoms. The summed E-state index contributed by atoms with van der Waals surface area (Å²) in [5.74, 6) is -1.75. The number of hydrogen-bond acceptors (Lipinski definition) is 4. The van der Waals surface area contributed by atoms with Gasteiger partial charge in [0.05, 0.1) is 19.3 Å². The van der Waals surface area contributed by atoms with Crippen LogP contribution >= 0.6 is 11.8 Å². The average Bonchev–Trinajstić information content (AvgIpc) is 2.40. The van der Waals surface area contributed by atoms with E-state index in [2.05, 4.69) is 5.32 Å². The molecule has 0 aliphatic carbocycles. The van der Waals surface area contributed by atoms with Gasteiger partial charge in [-0.25, -0.2) is 8.78 Å². The van der Waals surface area contributed by atoms with E-state index in [0.717, 1.165) is 12.1 Å². The van der Waals surface area contributed by atoms with Gasteiger partial charge in [-0.2, -0.15) is 0 Å². The van der Waals surface area contributed by atoms with Crippen LogP contribution in [0.3, 0.4) is 0 Å². The molecule has 1 amide bonds. The molecule has 0 aliphatic heterocycles. The van der Waals surface area contributed by atoms with Gasteiger partial charge < -0.3 is 15.5 Å². The van der Waals surface area contributed by atoms with Crippen LogP contribution in [0.1, 0.15) is 6.42 Å². The van der Waals surface area contributed by atoms with Crippen molar-refractivity contribution in [1.29, 1.82) is 0 Å². The molecule has 4 nitrogen and oxygen atoms in total. The molecule has 0 bridgehead atoms. The lowest BCUT2D eigenvalue weighted by molar-refractivity contribution is -0.122. The molecule has 0 unspecified atom stereocenters. The fraction of sp³-hybridized carbons (Fsp3) is 0.417. The Morgan fingerprint density at radius 3 is 2.53 bits per heavy atom. The van der Waals surface area contributed by atoms with Gasteiger partial charge in [-0.1, -0.05) is 0 Å². The second-order valence-electron chi connectivity index (χ2n) is 3.80. The third-order valence-electron chi connectivity index (χ3n) is 2.29. The highest BCUT2D eigenvalue weighted by molar-refractivity contribution is 7.99. The molecule has 0 saturated heterocycles. The first-order chi connectivity index (χ1) is 9.06. The Kier molecular flexibility index (Phi) is 6.75. The van der Waals surface area contributed by atoms with Gasteiger partial charge >= 0.3 is 0 Å². The molecule has 0 atom stereocenters. The predicted molar refractivity (Wildman–Crippen MR) is 67.8 cm³/mol. The van der Waals surface area contributed by atoms with Gasteiger partial charge in [-0.3, -0.25) is 4.79 Å². The van der Waals surface area contributed by atoms with E-state index < -0.39 is 17.7 Å². The lowest BCUT2D eigenvalue weighted by Gasteiger charge is -2.12. The van der Waals surface area contributed by atoms with E-state index in [0.29, 0.717) is 10.6 Å². The van der Waals surface area contributed by atoms with E-state index in [1.54, 1.807) is 0 Å². The lowest BCUT2D eigenvalue weighted by Crippen LogP contribution is -2.40. The molecule has 0 aliphatic rings. The van der Waals surface area contributed by atoms with Crippen molar-refractivity contribution in [2.45, 2.75) is 17.4 Å². The number of aliphatic hydroxyl groups is 2. The van der Waals surface area contributed by atoms with Crippen LogP contribution < -0.4 is 5.32 Å². The van der Waals surface area contributed by atoms with Crippen molar-refractivity contribution in [3.8, 4) is 0 Å². The molecule has 19 heavy (non-hydrogen) atoms. The maximum atomic E-state index is 12.9. The standard InChI is InChI=1S/C12H15F2NO3S/c13-10-2-1-9(5-11(10)14)19-4-3-12(18)15-8(6-16)7-17/h1-2,5,8,16-17H,3-4,6-7H2,(H,15,18). The summed E-state index contributed by atoms with van der Waals surface area (Å²) in [6.45, 7) is -0.670. The number of hydrogen-bond donors (Lipinski definition) is 3. The smallest absolute Gasteiger partial charge is 0.221 e. The largest absolute Gasteiger partial charge is 0.394 e. The number of halogens is 2. The van der Waals surface area contributed by atoms with Crippen LogP contribution in [0.25, 0.3) is 0 Å². The number of carbonyl (C=O) groups excluding carboxylic acids is 1. The molecule has 0 fully saturated rings. The van der Waals surface area contributed by atoms with E-state index in [4.69, 9.17) is 10.2 Å². The Labute approximate surface area is 113 Å². The first-order valence-electron chi connectivity index (χ1n) is 5.65. The number of nitrogens with one attached hydrogen (secondary N) is 1. The van der Waals surface area contributed by atoms with Crippen LogP contribution in [0.15, 0.2) is 23.1 Å². The first-order valence-corrected chi connectivity index (χ1v) is 6.64. The van der Waals surface area contributed by atoms with E-state index in [1.807, 2.05) is 0 Å². The fourth-order valence-corrected chi connectivity index (χ4v) is 2.15. The zero-order chi connectivity index (χ0) is 14.3. The summed E-state index contributed by atoms with van der Waals surface area (Å²) < 4.78 is 25.6. The molecule has 7 heteroatoms. The topological polar surface area (TPSA) is 69.6 Å². The third kappa shape index (κ3) is 5.54. The minimum Gasteiger partial charge on any atom is -0.394 e. The van der Waals surface area contributed by atoms with Crippen molar-refractivity contribution >= 4 is 17.7 Å². The molecule has 0 aromatic heterocycles. The Hall–Kier alpha value is -1.18. The van der Waals surface area contributed by atoms with Crippen LogP contribution in [-0.4, -0.2) is 41.1 Å². The van der Waals surface area contributed by atoms with Crippen molar-refractivity contribution in [2.75, 3.05) is 19.0 Å². The second-order valence-corrected chi connectivity index (χ2v) is 4.97. The van der Waals surface area contributed by atoms with Crippen molar-refractivity contribution < 1.29 is 23.8 Å². The van der Waals surface area contributed by atoms with Crippen molar-refractivity contribution in [3.63, 3.8) is 0 Å². The Bertz CT molecular complexity index is 427. The minimum atomic E-state index is -0.921. The Morgan fingerprint density at radius 1 is 1.26 bits per heavy atom.